The zero-order valence-corrected chi connectivity index (χ0v) is 20.0. The quantitative estimate of drug-likeness (QED) is 0.538. The van der Waals surface area contributed by atoms with Gasteiger partial charge in [-0.2, -0.15) is 0 Å². The number of anilines is 2. The lowest BCUT2D eigenvalue weighted by molar-refractivity contribution is 0.140. The van der Waals surface area contributed by atoms with Crippen LogP contribution in [0.15, 0.2) is 66.9 Å². The van der Waals surface area contributed by atoms with Crippen LogP contribution < -0.4 is 10.1 Å². The molecule has 1 aromatic heterocycles. The molecule has 0 unspecified atom stereocenters. The molecule has 1 fully saturated rings. The Hall–Kier alpha value is -3.26. The Labute approximate surface area is 206 Å². The minimum Gasteiger partial charge on any atom is -0.492 e. The summed E-state index contributed by atoms with van der Waals surface area (Å²) < 4.78 is 17.8. The van der Waals surface area contributed by atoms with Crippen LogP contribution in [0, 0.1) is 0 Å². The molecule has 3 aromatic rings. The van der Waals surface area contributed by atoms with Gasteiger partial charge in [0.15, 0.2) is 0 Å². The molecule has 35 heavy (non-hydrogen) atoms. The van der Waals surface area contributed by atoms with Gasteiger partial charge in [-0.1, -0.05) is 30.4 Å². The zero-order chi connectivity index (χ0) is 23.7. The van der Waals surface area contributed by atoms with Crippen molar-refractivity contribution < 1.29 is 14.2 Å². The average molecular weight is 473 g/mol. The molecule has 2 aliphatic heterocycles. The molecule has 0 spiro atoms. The number of nitrogens with zero attached hydrogens (tertiary/aromatic N) is 3. The number of benzene rings is 2. The van der Waals surface area contributed by atoms with Gasteiger partial charge in [-0.3, -0.25) is 4.90 Å². The monoisotopic (exact) mass is 472 g/mol. The highest BCUT2D eigenvalue weighted by molar-refractivity contribution is 5.63. The molecule has 7 heteroatoms. The highest BCUT2D eigenvalue weighted by Crippen LogP contribution is 2.26. The molecule has 5 rings (SSSR count). The van der Waals surface area contributed by atoms with E-state index in [-0.39, 0.29) is 0 Å². The molecule has 3 heterocycles. The number of nitrogens with one attached hydrogen (secondary N) is 1. The summed E-state index contributed by atoms with van der Waals surface area (Å²) in [4.78, 5) is 11.6. The van der Waals surface area contributed by atoms with Crippen LogP contribution in [-0.2, 0) is 22.7 Å². The molecule has 1 N–H and O–H groups in total. The predicted molar refractivity (Wildman–Crippen MR) is 137 cm³/mol. The predicted octanol–water partition coefficient (Wildman–Crippen LogP) is 4.96. The maximum absolute atomic E-state index is 6.14. The maximum Gasteiger partial charge on any atom is 0.227 e. The van der Waals surface area contributed by atoms with E-state index in [1.54, 1.807) is 6.20 Å². The molecular formula is C28H32N4O3. The van der Waals surface area contributed by atoms with Gasteiger partial charge < -0.3 is 19.5 Å². The van der Waals surface area contributed by atoms with Crippen molar-refractivity contribution in [2.45, 2.75) is 26.1 Å². The summed E-state index contributed by atoms with van der Waals surface area (Å²) in [6, 6.07) is 16.3. The van der Waals surface area contributed by atoms with Crippen LogP contribution >= 0.6 is 0 Å². The van der Waals surface area contributed by atoms with Crippen LogP contribution in [0.3, 0.4) is 0 Å². The van der Waals surface area contributed by atoms with Gasteiger partial charge in [-0.05, 0) is 61.3 Å². The first kappa shape index (κ1) is 23.5. The number of fused-ring (bicyclic) bond motifs is 7. The lowest BCUT2D eigenvalue weighted by Gasteiger charge is -2.16. The second-order valence-electron chi connectivity index (χ2n) is 8.86. The molecule has 0 atom stereocenters. The molecule has 0 saturated carbocycles. The van der Waals surface area contributed by atoms with E-state index in [0.29, 0.717) is 39.0 Å². The second-order valence-corrected chi connectivity index (χ2v) is 8.86. The van der Waals surface area contributed by atoms with Gasteiger partial charge in [0.05, 0.1) is 32.1 Å². The van der Waals surface area contributed by atoms with Gasteiger partial charge in [-0.25, -0.2) is 9.97 Å². The fourth-order valence-electron chi connectivity index (χ4n) is 4.35. The van der Waals surface area contributed by atoms with Crippen LogP contribution in [0.1, 0.15) is 24.0 Å². The number of aromatic nitrogens is 2. The van der Waals surface area contributed by atoms with Crippen LogP contribution in [0.5, 0.6) is 5.75 Å². The van der Waals surface area contributed by atoms with Crippen LogP contribution in [0.25, 0.3) is 11.3 Å². The van der Waals surface area contributed by atoms with E-state index < -0.39 is 0 Å². The lowest BCUT2D eigenvalue weighted by Crippen LogP contribution is -2.25. The van der Waals surface area contributed by atoms with E-state index in [0.717, 1.165) is 40.4 Å². The van der Waals surface area contributed by atoms with Crippen molar-refractivity contribution in [3.8, 4) is 17.0 Å². The van der Waals surface area contributed by atoms with E-state index in [9.17, 15) is 0 Å². The molecular weight excluding hydrogens is 440 g/mol. The molecule has 6 bridgehead atoms. The fourth-order valence-corrected chi connectivity index (χ4v) is 4.35. The van der Waals surface area contributed by atoms with E-state index in [2.05, 4.69) is 39.5 Å². The highest BCUT2D eigenvalue weighted by atomic mass is 16.5. The number of hydrogen-bond acceptors (Lipinski definition) is 7. The SMILES string of the molecule is C1=C/COCc2cccc(c2)-c2ccnc(n2)Nc2cc(cc(OCCN3CCCC3)c2)COC/1. The maximum atomic E-state index is 6.14. The summed E-state index contributed by atoms with van der Waals surface area (Å²) in [7, 11) is 0. The van der Waals surface area contributed by atoms with Crippen molar-refractivity contribution in [3.63, 3.8) is 0 Å². The molecule has 0 aliphatic carbocycles. The summed E-state index contributed by atoms with van der Waals surface area (Å²) in [6.45, 7) is 6.02. The Bertz CT molecular complexity index is 1140. The Morgan fingerprint density at radius 3 is 2.60 bits per heavy atom. The minimum absolute atomic E-state index is 0.481. The second kappa shape index (κ2) is 11.9. The summed E-state index contributed by atoms with van der Waals surface area (Å²) in [6.07, 6.45) is 8.33. The molecule has 7 nitrogen and oxygen atoms in total. The van der Waals surface area contributed by atoms with Gasteiger partial charge in [0.1, 0.15) is 12.4 Å². The fraction of sp³-hybridized carbons (Fsp3) is 0.357. The topological polar surface area (TPSA) is 68.7 Å². The van der Waals surface area contributed by atoms with Crippen molar-refractivity contribution in [3.05, 3.63) is 78.0 Å². The third-order valence-corrected chi connectivity index (χ3v) is 6.11. The van der Waals surface area contributed by atoms with Crippen molar-refractivity contribution >= 4 is 11.6 Å². The van der Waals surface area contributed by atoms with Crippen molar-refractivity contribution in [1.82, 2.24) is 14.9 Å². The molecule has 2 aromatic carbocycles. The smallest absolute Gasteiger partial charge is 0.227 e. The van der Waals surface area contributed by atoms with E-state index in [1.807, 2.05) is 36.4 Å². The van der Waals surface area contributed by atoms with Gasteiger partial charge in [0.25, 0.3) is 0 Å². The molecule has 182 valence electrons. The number of hydrogen-bond donors (Lipinski definition) is 1. The Kier molecular flexibility index (Phi) is 8.00. The van der Waals surface area contributed by atoms with Crippen molar-refractivity contribution in [2.24, 2.45) is 0 Å². The summed E-state index contributed by atoms with van der Waals surface area (Å²) in [5.74, 6) is 1.35. The largest absolute Gasteiger partial charge is 0.492 e. The normalized spacial score (nSPS) is 17.7. The molecule has 2 aliphatic rings. The highest BCUT2D eigenvalue weighted by Gasteiger charge is 2.12. The first-order valence-electron chi connectivity index (χ1n) is 12.3. The Balaban J connectivity index is 1.38. The summed E-state index contributed by atoms with van der Waals surface area (Å²) in [5, 5.41) is 3.36. The van der Waals surface area contributed by atoms with Gasteiger partial charge in [-0.15, -0.1) is 0 Å². The lowest BCUT2D eigenvalue weighted by atomic mass is 10.1. The minimum atomic E-state index is 0.481. The average Bonchev–Trinajstić information content (AvgIpc) is 3.39. The van der Waals surface area contributed by atoms with Gasteiger partial charge in [0.2, 0.25) is 5.95 Å². The molecule has 0 amide bonds. The van der Waals surface area contributed by atoms with E-state index in [1.165, 1.54) is 25.9 Å². The number of likely N-dealkylation sites (tertiary alicyclic amines) is 1. The van der Waals surface area contributed by atoms with Crippen LogP contribution in [-0.4, -0.2) is 54.3 Å². The summed E-state index contributed by atoms with van der Waals surface area (Å²) in [5.41, 5.74) is 4.89. The Morgan fingerprint density at radius 1 is 0.914 bits per heavy atom. The first-order chi connectivity index (χ1) is 17.3. The third-order valence-electron chi connectivity index (χ3n) is 6.11. The molecule has 1 saturated heterocycles. The Morgan fingerprint density at radius 2 is 1.74 bits per heavy atom. The van der Waals surface area contributed by atoms with Gasteiger partial charge in [0, 0.05) is 30.1 Å². The number of rotatable bonds is 4. The van der Waals surface area contributed by atoms with Crippen LogP contribution in [0.2, 0.25) is 0 Å². The standard InChI is InChI=1S/C28H32N4O3/c1-2-11-32(10-1)12-15-35-26-18-23-17-25(19-26)30-28-29-9-8-27(31-28)24-7-5-6-22(16-24)20-33-13-3-4-14-34-21-23/h3-9,16-19H,1-2,10-15,20-21H2,(H,29,30,31)/b4-3+. The van der Waals surface area contributed by atoms with E-state index in [4.69, 9.17) is 19.2 Å². The van der Waals surface area contributed by atoms with Crippen LogP contribution in [0.4, 0.5) is 11.6 Å². The van der Waals surface area contributed by atoms with Gasteiger partial charge >= 0.3 is 0 Å². The molecule has 0 radical (unpaired) electrons. The summed E-state index contributed by atoms with van der Waals surface area (Å²) >= 11 is 0. The van der Waals surface area contributed by atoms with Crippen molar-refractivity contribution in [2.75, 3.05) is 44.8 Å². The van der Waals surface area contributed by atoms with E-state index >= 15 is 0 Å². The zero-order valence-electron chi connectivity index (χ0n) is 20.0. The number of ether oxygens (including phenoxy) is 3. The first-order valence-corrected chi connectivity index (χ1v) is 12.3. The third kappa shape index (κ3) is 6.88. The van der Waals surface area contributed by atoms with Crippen molar-refractivity contribution in [1.29, 1.82) is 0 Å².